The smallest absolute Gasteiger partial charge is 0.343 e. The molecule has 2 aromatic rings. The highest BCUT2D eigenvalue weighted by Crippen LogP contribution is 2.29. The van der Waals surface area contributed by atoms with E-state index in [0.717, 1.165) is 0 Å². The Labute approximate surface area is 153 Å². The highest BCUT2D eigenvalue weighted by molar-refractivity contribution is 7.99. The third kappa shape index (κ3) is 4.14. The first-order valence-corrected chi connectivity index (χ1v) is 8.94. The molecule has 3 rings (SSSR count). The zero-order valence-electron chi connectivity index (χ0n) is 14.1. The third-order valence-electron chi connectivity index (χ3n) is 3.72. The summed E-state index contributed by atoms with van der Waals surface area (Å²) in [6, 6.07) is 4.89. The van der Waals surface area contributed by atoms with E-state index in [4.69, 9.17) is 9.47 Å². The third-order valence-corrected chi connectivity index (χ3v) is 4.70. The lowest BCUT2D eigenvalue weighted by molar-refractivity contribution is -0.118. The van der Waals surface area contributed by atoms with E-state index in [1.165, 1.54) is 16.3 Å². The summed E-state index contributed by atoms with van der Waals surface area (Å²) >= 11 is 1.18. The zero-order chi connectivity index (χ0) is 18.5. The molecule has 1 aliphatic heterocycles. The van der Waals surface area contributed by atoms with Gasteiger partial charge in [0.15, 0.2) is 17.5 Å². The van der Waals surface area contributed by atoms with Gasteiger partial charge < -0.3 is 14.8 Å². The van der Waals surface area contributed by atoms with Crippen LogP contribution >= 0.6 is 11.8 Å². The van der Waals surface area contributed by atoms with Crippen LogP contribution in [0.5, 0.6) is 5.75 Å². The largest absolute Gasteiger partial charge is 0.482 e. The minimum absolute atomic E-state index is 0.0318. The van der Waals surface area contributed by atoms with E-state index in [2.05, 4.69) is 15.5 Å². The van der Waals surface area contributed by atoms with Gasteiger partial charge in [0, 0.05) is 25.8 Å². The Kier molecular flexibility index (Phi) is 5.74. The number of anilines is 1. The number of carbonyl (C=O) groups excluding carboxylic acids is 2. The number of nitrogens with zero attached hydrogens (tertiary/aromatic N) is 2. The van der Waals surface area contributed by atoms with Gasteiger partial charge in [-0.25, -0.2) is 9.89 Å². The number of fused-ring (bicyclic) bond motifs is 1. The van der Waals surface area contributed by atoms with Crippen LogP contribution < -0.4 is 15.7 Å². The fourth-order valence-electron chi connectivity index (χ4n) is 2.45. The number of nitrogens with one attached hydrogen (secondary N) is 2. The van der Waals surface area contributed by atoms with Crippen molar-refractivity contribution in [1.29, 1.82) is 0 Å². The van der Waals surface area contributed by atoms with Crippen molar-refractivity contribution >= 4 is 29.1 Å². The molecule has 1 aromatic carbocycles. The van der Waals surface area contributed by atoms with Crippen molar-refractivity contribution in [2.24, 2.45) is 0 Å². The molecule has 0 radical (unpaired) electrons. The van der Waals surface area contributed by atoms with Gasteiger partial charge in [-0.05, 0) is 24.6 Å². The molecule has 0 aliphatic carbocycles. The van der Waals surface area contributed by atoms with E-state index in [1.54, 1.807) is 25.3 Å². The maximum absolute atomic E-state index is 12.4. The number of Topliss-reactive ketones (excluding diaryl/α,β-unsaturated/α-hetero) is 1. The molecule has 0 saturated heterocycles. The van der Waals surface area contributed by atoms with Crippen molar-refractivity contribution in [3.63, 3.8) is 0 Å². The molecule has 2 N–H and O–H groups in total. The number of benzene rings is 1. The summed E-state index contributed by atoms with van der Waals surface area (Å²) in [6.07, 6.45) is 0.669. The number of methoxy groups -OCH3 is 1. The number of aromatic nitrogens is 3. The second-order valence-electron chi connectivity index (χ2n) is 5.57. The van der Waals surface area contributed by atoms with Crippen LogP contribution in [0.2, 0.25) is 0 Å². The van der Waals surface area contributed by atoms with Gasteiger partial charge >= 0.3 is 5.69 Å². The predicted molar refractivity (Wildman–Crippen MR) is 95.0 cm³/mol. The van der Waals surface area contributed by atoms with E-state index in [0.29, 0.717) is 41.7 Å². The van der Waals surface area contributed by atoms with Gasteiger partial charge in [0.25, 0.3) is 5.91 Å². The van der Waals surface area contributed by atoms with Gasteiger partial charge in [0.2, 0.25) is 0 Å². The van der Waals surface area contributed by atoms with Crippen LogP contribution in [0.4, 0.5) is 5.69 Å². The van der Waals surface area contributed by atoms with Gasteiger partial charge in [0.05, 0.1) is 11.4 Å². The van der Waals surface area contributed by atoms with Crippen LogP contribution in [-0.2, 0) is 16.1 Å². The van der Waals surface area contributed by atoms with Crippen molar-refractivity contribution in [3.8, 4) is 5.75 Å². The van der Waals surface area contributed by atoms with Gasteiger partial charge in [-0.15, -0.1) is 5.10 Å². The number of aromatic amines is 1. The number of carbonyl (C=O) groups is 2. The summed E-state index contributed by atoms with van der Waals surface area (Å²) in [6.45, 7) is 0.960. The molecule has 1 amide bonds. The Hall–Kier alpha value is -2.59. The van der Waals surface area contributed by atoms with E-state index in [-0.39, 0.29) is 29.7 Å². The number of hydrogen-bond donors (Lipinski definition) is 2. The number of ether oxygens (including phenoxy) is 2. The number of thioether (sulfide) groups is 1. The van der Waals surface area contributed by atoms with Crippen LogP contribution in [0, 0.1) is 0 Å². The van der Waals surface area contributed by atoms with Crippen molar-refractivity contribution in [2.75, 3.05) is 31.4 Å². The number of rotatable bonds is 8. The van der Waals surface area contributed by atoms with E-state index in [9.17, 15) is 14.4 Å². The molecule has 1 aromatic heterocycles. The van der Waals surface area contributed by atoms with Crippen LogP contribution in [0.3, 0.4) is 0 Å². The molecule has 26 heavy (non-hydrogen) atoms. The van der Waals surface area contributed by atoms with Crippen LogP contribution in [-0.4, -0.2) is 52.5 Å². The highest BCUT2D eigenvalue weighted by atomic mass is 32.2. The lowest BCUT2D eigenvalue weighted by Gasteiger charge is -2.18. The number of hydrogen-bond acceptors (Lipinski definition) is 7. The molecular formula is C16H18N4O5S. The molecule has 0 fully saturated rings. The van der Waals surface area contributed by atoms with Gasteiger partial charge in [-0.1, -0.05) is 11.8 Å². The van der Waals surface area contributed by atoms with Crippen molar-refractivity contribution in [1.82, 2.24) is 14.8 Å². The van der Waals surface area contributed by atoms with E-state index < -0.39 is 0 Å². The highest BCUT2D eigenvalue weighted by Gasteiger charge is 2.18. The maximum Gasteiger partial charge on any atom is 0.343 e. The average molecular weight is 378 g/mol. The number of ketones is 1. The molecule has 138 valence electrons. The minimum atomic E-state index is -0.315. The van der Waals surface area contributed by atoms with E-state index in [1.807, 2.05) is 0 Å². The summed E-state index contributed by atoms with van der Waals surface area (Å²) in [7, 11) is 1.60. The molecule has 0 spiro atoms. The van der Waals surface area contributed by atoms with Crippen molar-refractivity contribution in [2.45, 2.75) is 18.1 Å². The molecule has 0 bridgehead atoms. The Morgan fingerprint density at radius 1 is 1.42 bits per heavy atom. The Morgan fingerprint density at radius 3 is 3.08 bits per heavy atom. The fraction of sp³-hybridized carbons (Fsp3) is 0.375. The Bertz CT molecular complexity index is 876. The normalized spacial score (nSPS) is 13.0. The first-order chi connectivity index (χ1) is 12.6. The standard InChI is InChI=1S/C16H18N4O5S/c1-24-6-2-5-20-15(23)18-19-16(20)26-9-12(21)10-3-4-13-11(7-10)17-14(22)8-25-13/h3-4,7H,2,5-6,8-9H2,1H3,(H,17,22)(H,18,23). The molecule has 9 nitrogen and oxygen atoms in total. The van der Waals surface area contributed by atoms with Crippen LogP contribution in [0.15, 0.2) is 28.2 Å². The maximum atomic E-state index is 12.4. The Balaban J connectivity index is 1.65. The minimum Gasteiger partial charge on any atom is -0.482 e. The lowest BCUT2D eigenvalue weighted by Crippen LogP contribution is -2.25. The topological polar surface area (TPSA) is 115 Å². The molecule has 0 saturated carbocycles. The quantitative estimate of drug-likeness (QED) is 0.399. The molecule has 0 atom stereocenters. The second kappa shape index (κ2) is 8.19. The van der Waals surface area contributed by atoms with Gasteiger partial charge in [-0.3, -0.25) is 14.2 Å². The first-order valence-electron chi connectivity index (χ1n) is 7.95. The monoisotopic (exact) mass is 378 g/mol. The summed E-state index contributed by atoms with van der Waals surface area (Å²) in [5.41, 5.74) is 0.615. The van der Waals surface area contributed by atoms with Gasteiger partial charge in [0.1, 0.15) is 5.75 Å². The zero-order valence-corrected chi connectivity index (χ0v) is 14.9. The summed E-state index contributed by atoms with van der Waals surface area (Å²) in [5.74, 6) is 0.250. The second-order valence-corrected chi connectivity index (χ2v) is 6.51. The number of H-pyrrole nitrogens is 1. The molecule has 10 heteroatoms. The SMILES string of the molecule is COCCCn1c(SCC(=O)c2ccc3c(c2)NC(=O)CO3)n[nH]c1=O. The lowest BCUT2D eigenvalue weighted by atomic mass is 10.1. The summed E-state index contributed by atoms with van der Waals surface area (Å²) in [4.78, 5) is 35.6. The van der Waals surface area contributed by atoms with Crippen molar-refractivity contribution in [3.05, 3.63) is 34.2 Å². The average Bonchev–Trinajstić information content (AvgIpc) is 2.99. The first kappa shape index (κ1) is 18.2. The molecule has 1 aliphatic rings. The fourth-order valence-corrected chi connectivity index (χ4v) is 3.31. The number of amides is 1. The molecule has 2 heterocycles. The predicted octanol–water partition coefficient (Wildman–Crippen LogP) is 0.914. The van der Waals surface area contributed by atoms with E-state index >= 15 is 0 Å². The van der Waals surface area contributed by atoms with Crippen molar-refractivity contribution < 1.29 is 19.1 Å². The molecular weight excluding hydrogens is 360 g/mol. The van der Waals surface area contributed by atoms with Crippen LogP contribution in [0.25, 0.3) is 0 Å². The molecule has 0 unspecified atom stereocenters. The summed E-state index contributed by atoms with van der Waals surface area (Å²) < 4.78 is 11.7. The summed E-state index contributed by atoms with van der Waals surface area (Å²) in [5, 5.41) is 9.48. The van der Waals surface area contributed by atoms with Gasteiger partial charge in [-0.2, -0.15) is 0 Å². The van der Waals surface area contributed by atoms with Crippen LogP contribution in [0.1, 0.15) is 16.8 Å². The Morgan fingerprint density at radius 2 is 2.27 bits per heavy atom.